The number of ether oxygens (including phenoxy) is 2. The minimum absolute atomic E-state index is 0.225. The Hall–Kier alpha value is -2.24. The largest absolute Gasteiger partial charge is 0.496 e. The van der Waals surface area contributed by atoms with Crippen molar-refractivity contribution < 1.29 is 14.3 Å². The van der Waals surface area contributed by atoms with E-state index in [1.165, 1.54) is 7.11 Å². The molecule has 0 saturated heterocycles. The van der Waals surface area contributed by atoms with Crippen LogP contribution in [0.15, 0.2) is 42.5 Å². The average molecular weight is 335 g/mol. The Bertz CT molecular complexity index is 659. The number of hydrogen-bond acceptors (Lipinski definition) is 4. The fourth-order valence-corrected chi connectivity index (χ4v) is 2.10. The zero-order chi connectivity index (χ0) is 16.7. The van der Waals surface area contributed by atoms with Crippen LogP contribution in [0, 0.1) is 0 Å². The average Bonchev–Trinajstić information content (AvgIpc) is 2.58. The van der Waals surface area contributed by atoms with Gasteiger partial charge in [0.05, 0.1) is 12.7 Å². The number of carbonyl (C=O) groups is 1. The van der Waals surface area contributed by atoms with Crippen LogP contribution in [0.5, 0.6) is 11.5 Å². The fraction of sp³-hybridized carbons (Fsp3) is 0.235. The van der Waals surface area contributed by atoms with Gasteiger partial charge in [-0.25, -0.2) is 0 Å². The lowest BCUT2D eigenvalue weighted by Gasteiger charge is -2.12. The standard InChI is InChI=1S/C17H19ClN2O3/c1-22-16-10-14(6-7-15(16)17(21)20-9-8-19)23-11-12-2-4-13(18)5-3-12/h2-7,10H,8-9,11,19H2,1H3,(H,20,21). The Morgan fingerprint density at radius 1 is 1.22 bits per heavy atom. The summed E-state index contributed by atoms with van der Waals surface area (Å²) in [5.41, 5.74) is 6.82. The first-order chi connectivity index (χ1) is 11.1. The van der Waals surface area contributed by atoms with E-state index in [1.807, 2.05) is 24.3 Å². The van der Waals surface area contributed by atoms with Gasteiger partial charge in [-0.3, -0.25) is 4.79 Å². The van der Waals surface area contributed by atoms with Crippen LogP contribution in [0.3, 0.4) is 0 Å². The molecular formula is C17H19ClN2O3. The Labute approximate surface area is 140 Å². The number of benzene rings is 2. The van der Waals surface area contributed by atoms with Gasteiger partial charge in [-0.05, 0) is 29.8 Å². The molecule has 5 nitrogen and oxygen atoms in total. The van der Waals surface area contributed by atoms with Crippen LogP contribution < -0.4 is 20.5 Å². The van der Waals surface area contributed by atoms with Gasteiger partial charge in [0.25, 0.3) is 5.91 Å². The molecule has 0 radical (unpaired) electrons. The number of hydrogen-bond donors (Lipinski definition) is 2. The normalized spacial score (nSPS) is 10.2. The Kier molecular flexibility index (Phi) is 6.26. The highest BCUT2D eigenvalue weighted by Gasteiger charge is 2.12. The molecule has 2 aromatic rings. The molecule has 0 bridgehead atoms. The number of amides is 1. The highest BCUT2D eigenvalue weighted by atomic mass is 35.5. The van der Waals surface area contributed by atoms with E-state index in [2.05, 4.69) is 5.32 Å². The molecule has 2 aromatic carbocycles. The molecule has 0 unspecified atom stereocenters. The molecular weight excluding hydrogens is 316 g/mol. The molecule has 1 amide bonds. The molecule has 0 aromatic heterocycles. The molecule has 0 aliphatic rings. The summed E-state index contributed by atoms with van der Waals surface area (Å²) in [5.74, 6) is 0.844. The van der Waals surface area contributed by atoms with Crippen molar-refractivity contribution in [2.24, 2.45) is 5.73 Å². The van der Waals surface area contributed by atoms with Crippen molar-refractivity contribution in [1.82, 2.24) is 5.32 Å². The van der Waals surface area contributed by atoms with Crippen molar-refractivity contribution in [3.05, 3.63) is 58.6 Å². The predicted octanol–water partition coefficient (Wildman–Crippen LogP) is 2.62. The second-order valence-corrected chi connectivity index (χ2v) is 5.26. The van der Waals surface area contributed by atoms with E-state index in [1.54, 1.807) is 18.2 Å². The number of rotatable bonds is 7. The van der Waals surface area contributed by atoms with Crippen molar-refractivity contribution in [2.45, 2.75) is 6.61 Å². The van der Waals surface area contributed by atoms with E-state index in [0.717, 1.165) is 5.56 Å². The zero-order valence-corrected chi connectivity index (χ0v) is 13.6. The third-order valence-corrected chi connectivity index (χ3v) is 3.42. The van der Waals surface area contributed by atoms with Gasteiger partial charge < -0.3 is 20.5 Å². The molecule has 2 rings (SSSR count). The van der Waals surface area contributed by atoms with Crippen molar-refractivity contribution in [3.8, 4) is 11.5 Å². The summed E-state index contributed by atoms with van der Waals surface area (Å²) in [6.07, 6.45) is 0. The van der Waals surface area contributed by atoms with Crippen LogP contribution in [-0.2, 0) is 6.61 Å². The van der Waals surface area contributed by atoms with Gasteiger partial charge in [0, 0.05) is 24.2 Å². The molecule has 23 heavy (non-hydrogen) atoms. The van der Waals surface area contributed by atoms with E-state index in [0.29, 0.717) is 41.8 Å². The van der Waals surface area contributed by atoms with E-state index in [-0.39, 0.29) is 5.91 Å². The van der Waals surface area contributed by atoms with Crippen LogP contribution >= 0.6 is 11.6 Å². The molecule has 0 fully saturated rings. The Morgan fingerprint density at radius 3 is 2.61 bits per heavy atom. The zero-order valence-electron chi connectivity index (χ0n) is 12.8. The Morgan fingerprint density at radius 2 is 1.96 bits per heavy atom. The number of methoxy groups -OCH3 is 1. The van der Waals surface area contributed by atoms with E-state index in [4.69, 9.17) is 26.8 Å². The highest BCUT2D eigenvalue weighted by Crippen LogP contribution is 2.25. The fourth-order valence-electron chi connectivity index (χ4n) is 1.98. The van der Waals surface area contributed by atoms with Crippen molar-refractivity contribution in [1.29, 1.82) is 0 Å². The maximum atomic E-state index is 12.0. The van der Waals surface area contributed by atoms with E-state index >= 15 is 0 Å². The summed E-state index contributed by atoms with van der Waals surface area (Å²) in [7, 11) is 1.51. The number of nitrogens with one attached hydrogen (secondary N) is 1. The first-order valence-corrected chi connectivity index (χ1v) is 7.55. The van der Waals surface area contributed by atoms with Crippen molar-refractivity contribution in [3.63, 3.8) is 0 Å². The molecule has 0 heterocycles. The van der Waals surface area contributed by atoms with Crippen LogP contribution in [0.2, 0.25) is 5.02 Å². The molecule has 6 heteroatoms. The minimum Gasteiger partial charge on any atom is -0.496 e. The topological polar surface area (TPSA) is 73.6 Å². The van der Waals surface area contributed by atoms with Crippen molar-refractivity contribution >= 4 is 17.5 Å². The lowest BCUT2D eigenvalue weighted by atomic mass is 10.1. The first-order valence-electron chi connectivity index (χ1n) is 7.17. The lowest BCUT2D eigenvalue weighted by Crippen LogP contribution is -2.29. The number of nitrogens with two attached hydrogens (primary N) is 1. The van der Waals surface area contributed by atoms with Crippen molar-refractivity contribution in [2.75, 3.05) is 20.2 Å². The Balaban J connectivity index is 2.06. The van der Waals surface area contributed by atoms with Crippen LogP contribution in [0.25, 0.3) is 0 Å². The number of halogens is 1. The highest BCUT2D eigenvalue weighted by molar-refractivity contribution is 6.30. The predicted molar refractivity (Wildman–Crippen MR) is 90.2 cm³/mol. The maximum absolute atomic E-state index is 12.0. The minimum atomic E-state index is -0.225. The third kappa shape index (κ3) is 4.87. The molecule has 0 spiro atoms. The van der Waals surface area contributed by atoms with E-state index < -0.39 is 0 Å². The first kappa shape index (κ1) is 17.1. The second-order valence-electron chi connectivity index (χ2n) is 4.82. The summed E-state index contributed by atoms with van der Waals surface area (Å²) in [4.78, 5) is 12.0. The summed E-state index contributed by atoms with van der Waals surface area (Å²) >= 11 is 5.85. The second kappa shape index (κ2) is 8.41. The van der Waals surface area contributed by atoms with Gasteiger partial charge in [0.2, 0.25) is 0 Å². The lowest BCUT2D eigenvalue weighted by molar-refractivity contribution is 0.0951. The smallest absolute Gasteiger partial charge is 0.255 e. The van der Waals surface area contributed by atoms with Gasteiger partial charge in [-0.1, -0.05) is 23.7 Å². The van der Waals surface area contributed by atoms with Gasteiger partial charge in [-0.2, -0.15) is 0 Å². The molecule has 0 aliphatic carbocycles. The summed E-state index contributed by atoms with van der Waals surface area (Å²) in [5, 5.41) is 3.39. The third-order valence-electron chi connectivity index (χ3n) is 3.17. The van der Waals surface area contributed by atoms with Gasteiger partial charge in [-0.15, -0.1) is 0 Å². The molecule has 3 N–H and O–H groups in total. The van der Waals surface area contributed by atoms with Crippen LogP contribution in [0.4, 0.5) is 0 Å². The quantitative estimate of drug-likeness (QED) is 0.816. The molecule has 0 saturated carbocycles. The SMILES string of the molecule is COc1cc(OCc2ccc(Cl)cc2)ccc1C(=O)NCCN. The van der Waals surface area contributed by atoms with E-state index in [9.17, 15) is 4.79 Å². The summed E-state index contributed by atoms with van der Waals surface area (Å²) in [6, 6.07) is 12.5. The monoisotopic (exact) mass is 334 g/mol. The van der Waals surface area contributed by atoms with Gasteiger partial charge in [0.15, 0.2) is 0 Å². The van der Waals surface area contributed by atoms with Gasteiger partial charge >= 0.3 is 0 Å². The molecule has 0 atom stereocenters. The van der Waals surface area contributed by atoms with Crippen LogP contribution in [-0.4, -0.2) is 26.1 Å². The summed E-state index contributed by atoms with van der Waals surface area (Å²) in [6.45, 7) is 1.20. The number of carbonyl (C=O) groups excluding carboxylic acids is 1. The molecule has 0 aliphatic heterocycles. The molecule has 122 valence electrons. The van der Waals surface area contributed by atoms with Crippen LogP contribution in [0.1, 0.15) is 15.9 Å². The maximum Gasteiger partial charge on any atom is 0.255 e. The summed E-state index contributed by atoms with van der Waals surface area (Å²) < 4.78 is 11.0. The van der Waals surface area contributed by atoms with Gasteiger partial charge in [0.1, 0.15) is 18.1 Å².